The molecule has 1 amide bonds. The fourth-order valence-corrected chi connectivity index (χ4v) is 5.22. The summed E-state index contributed by atoms with van der Waals surface area (Å²) in [5.41, 5.74) is 1.30. The molecule has 33 heavy (non-hydrogen) atoms. The van der Waals surface area contributed by atoms with Crippen molar-refractivity contribution in [1.29, 1.82) is 0 Å². The predicted octanol–water partition coefficient (Wildman–Crippen LogP) is 2.30. The normalized spacial score (nSPS) is 14.9. The van der Waals surface area contributed by atoms with Crippen LogP contribution in [0.1, 0.15) is 20.8 Å². The van der Waals surface area contributed by atoms with Crippen molar-refractivity contribution in [3.63, 3.8) is 0 Å². The van der Waals surface area contributed by atoms with Crippen LogP contribution in [0.4, 0.5) is 5.82 Å². The van der Waals surface area contributed by atoms with Crippen molar-refractivity contribution in [3.8, 4) is 0 Å². The average Bonchev–Trinajstić information content (AvgIpc) is 3.36. The Bertz CT molecular complexity index is 1160. The summed E-state index contributed by atoms with van der Waals surface area (Å²) in [6.07, 6.45) is 1.78. The minimum atomic E-state index is -3.64. The van der Waals surface area contributed by atoms with Gasteiger partial charge >= 0.3 is 0 Å². The van der Waals surface area contributed by atoms with Crippen molar-refractivity contribution in [1.82, 2.24) is 19.9 Å². The summed E-state index contributed by atoms with van der Waals surface area (Å²) in [6, 6.07) is 13.6. The fraction of sp³-hybridized carbons (Fsp3) is 0.304. The molecule has 0 bridgehead atoms. The van der Waals surface area contributed by atoms with Gasteiger partial charge in [-0.25, -0.2) is 18.1 Å². The lowest BCUT2D eigenvalue weighted by atomic mass is 10.2. The highest BCUT2D eigenvalue weighted by molar-refractivity contribution is 7.89. The first-order valence-corrected chi connectivity index (χ1v) is 13.1. The molecule has 0 spiro atoms. The number of likely N-dealkylation sites (N-methyl/N-ethyl adjacent to an activating group) is 1. The summed E-state index contributed by atoms with van der Waals surface area (Å²) in [5.74, 6) is 0.677. The van der Waals surface area contributed by atoms with Gasteiger partial charge in [0.1, 0.15) is 5.82 Å². The molecule has 0 saturated carbocycles. The van der Waals surface area contributed by atoms with Crippen molar-refractivity contribution in [2.24, 2.45) is 0 Å². The van der Waals surface area contributed by atoms with Crippen LogP contribution < -0.4 is 14.9 Å². The summed E-state index contributed by atoms with van der Waals surface area (Å²) >= 11 is 1.49. The molecule has 0 atom stereocenters. The number of aromatic nitrogens is 1. The lowest BCUT2D eigenvalue weighted by Gasteiger charge is -2.33. The molecule has 4 rings (SSSR count). The van der Waals surface area contributed by atoms with Crippen LogP contribution in [0.25, 0.3) is 0 Å². The third-order valence-corrected chi connectivity index (χ3v) is 7.83. The molecule has 174 valence electrons. The van der Waals surface area contributed by atoms with Crippen LogP contribution in [0.5, 0.6) is 0 Å². The number of pyridine rings is 1. The van der Waals surface area contributed by atoms with Gasteiger partial charge in [0.25, 0.3) is 5.91 Å². The number of amides is 1. The molecule has 1 aliphatic heterocycles. The van der Waals surface area contributed by atoms with Crippen LogP contribution in [0.15, 0.2) is 65.0 Å². The average molecular weight is 486 g/mol. The summed E-state index contributed by atoms with van der Waals surface area (Å²) in [6.45, 7) is 4.53. The van der Waals surface area contributed by atoms with Crippen LogP contribution in [0, 0.1) is 0 Å². The van der Waals surface area contributed by atoms with Gasteiger partial charge in [0.2, 0.25) is 10.0 Å². The number of piperazine rings is 1. The fourth-order valence-electron chi connectivity index (χ4n) is 3.48. The van der Waals surface area contributed by atoms with Crippen molar-refractivity contribution >= 4 is 33.1 Å². The maximum Gasteiger partial charge on any atom is 0.251 e. The summed E-state index contributed by atoms with van der Waals surface area (Å²) in [7, 11) is -1.52. The Hall–Kier alpha value is -2.79. The topological polar surface area (TPSA) is 94.6 Å². The smallest absolute Gasteiger partial charge is 0.251 e. The van der Waals surface area contributed by atoms with E-state index in [0.717, 1.165) is 42.4 Å². The Labute approximate surface area is 198 Å². The van der Waals surface area contributed by atoms with Crippen molar-refractivity contribution in [3.05, 3.63) is 76.1 Å². The van der Waals surface area contributed by atoms with E-state index in [1.165, 1.54) is 35.6 Å². The van der Waals surface area contributed by atoms with Gasteiger partial charge in [-0.3, -0.25) is 4.79 Å². The number of hydrogen-bond donors (Lipinski definition) is 2. The van der Waals surface area contributed by atoms with Gasteiger partial charge in [0, 0.05) is 55.9 Å². The van der Waals surface area contributed by atoms with Crippen molar-refractivity contribution in [2.45, 2.75) is 18.0 Å². The van der Waals surface area contributed by atoms with Crippen LogP contribution in [0.2, 0.25) is 0 Å². The minimum Gasteiger partial charge on any atom is -0.354 e. The monoisotopic (exact) mass is 485 g/mol. The molecule has 1 aliphatic rings. The minimum absolute atomic E-state index is 0.124. The van der Waals surface area contributed by atoms with E-state index in [1.54, 1.807) is 6.20 Å². The van der Waals surface area contributed by atoms with E-state index in [4.69, 9.17) is 0 Å². The van der Waals surface area contributed by atoms with Crippen LogP contribution in [-0.4, -0.2) is 57.4 Å². The van der Waals surface area contributed by atoms with Gasteiger partial charge in [-0.05, 0) is 54.4 Å². The maximum atomic E-state index is 12.5. The first-order chi connectivity index (χ1) is 15.9. The second-order valence-corrected chi connectivity index (χ2v) is 10.7. The first-order valence-electron chi connectivity index (χ1n) is 10.7. The molecule has 0 aliphatic carbocycles. The Morgan fingerprint density at radius 3 is 2.42 bits per heavy atom. The van der Waals surface area contributed by atoms with Crippen LogP contribution in [-0.2, 0) is 23.1 Å². The number of benzene rings is 1. The molecule has 2 aromatic heterocycles. The number of nitrogens with zero attached hydrogens (tertiary/aromatic N) is 3. The molecule has 0 unspecified atom stereocenters. The van der Waals surface area contributed by atoms with Crippen molar-refractivity contribution in [2.75, 3.05) is 38.1 Å². The third-order valence-electron chi connectivity index (χ3n) is 5.53. The van der Waals surface area contributed by atoms with E-state index in [9.17, 15) is 13.2 Å². The van der Waals surface area contributed by atoms with Gasteiger partial charge in [0.15, 0.2) is 0 Å². The lowest BCUT2D eigenvalue weighted by molar-refractivity contribution is 0.0951. The summed E-state index contributed by atoms with van der Waals surface area (Å²) in [5, 5.41) is 4.76. The Balaban J connectivity index is 1.29. The molecule has 1 saturated heterocycles. The Morgan fingerprint density at radius 2 is 1.79 bits per heavy atom. The van der Waals surface area contributed by atoms with E-state index >= 15 is 0 Å². The van der Waals surface area contributed by atoms with E-state index in [0.29, 0.717) is 12.1 Å². The quantitative estimate of drug-likeness (QED) is 0.509. The zero-order valence-corrected chi connectivity index (χ0v) is 20.0. The first kappa shape index (κ1) is 23.4. The molecule has 2 N–H and O–H groups in total. The van der Waals surface area contributed by atoms with Gasteiger partial charge in [-0.15, -0.1) is 11.3 Å². The van der Waals surface area contributed by atoms with Gasteiger partial charge < -0.3 is 15.1 Å². The van der Waals surface area contributed by atoms with E-state index in [1.807, 2.05) is 29.6 Å². The number of carbonyl (C=O) groups is 1. The second kappa shape index (κ2) is 10.4. The number of sulfonamides is 1. The molecular weight excluding hydrogens is 458 g/mol. The molecule has 1 aromatic carbocycles. The number of anilines is 1. The molecule has 10 heteroatoms. The third kappa shape index (κ3) is 6.17. The Kier molecular flexibility index (Phi) is 7.39. The number of hydrogen-bond acceptors (Lipinski definition) is 7. The Morgan fingerprint density at radius 1 is 1.03 bits per heavy atom. The maximum absolute atomic E-state index is 12.5. The highest BCUT2D eigenvalue weighted by Gasteiger charge is 2.16. The largest absolute Gasteiger partial charge is 0.354 e. The van der Waals surface area contributed by atoms with Gasteiger partial charge in [0.05, 0.1) is 4.90 Å². The number of nitrogens with one attached hydrogen (secondary N) is 2. The standard InChI is InChI=1S/C23H27N5O3S2/c1-27-10-12-28(13-11-27)22-9-4-18(15-24-22)16-25-23(29)19-5-7-21(8-6-19)33(30,31)26-17-20-3-2-14-32-20/h2-9,14-15,26H,10-13,16-17H2,1H3,(H,25,29). The molecule has 3 heterocycles. The molecule has 3 aromatic rings. The summed E-state index contributed by atoms with van der Waals surface area (Å²) < 4.78 is 27.5. The van der Waals surface area contributed by atoms with Crippen LogP contribution in [0.3, 0.4) is 0 Å². The second-order valence-electron chi connectivity index (χ2n) is 7.93. The highest BCUT2D eigenvalue weighted by Crippen LogP contribution is 2.15. The van der Waals surface area contributed by atoms with Crippen molar-refractivity contribution < 1.29 is 13.2 Å². The molecule has 1 fully saturated rings. The molecule has 0 radical (unpaired) electrons. The van der Waals surface area contributed by atoms with E-state index in [-0.39, 0.29) is 17.3 Å². The number of rotatable bonds is 8. The number of thiophene rings is 1. The number of carbonyl (C=O) groups excluding carboxylic acids is 1. The van der Waals surface area contributed by atoms with Gasteiger partial charge in [-0.2, -0.15) is 0 Å². The highest BCUT2D eigenvalue weighted by atomic mass is 32.2. The SMILES string of the molecule is CN1CCN(c2ccc(CNC(=O)c3ccc(S(=O)(=O)NCc4cccs4)cc3)cn2)CC1. The van der Waals surface area contributed by atoms with Gasteiger partial charge in [-0.1, -0.05) is 12.1 Å². The van der Waals surface area contributed by atoms with E-state index in [2.05, 4.69) is 31.9 Å². The molecular formula is C23H27N5O3S2. The van der Waals surface area contributed by atoms with E-state index < -0.39 is 10.0 Å². The zero-order valence-electron chi connectivity index (χ0n) is 18.4. The summed E-state index contributed by atoms with van der Waals surface area (Å²) in [4.78, 5) is 22.6. The molecule has 8 nitrogen and oxygen atoms in total. The lowest BCUT2D eigenvalue weighted by Crippen LogP contribution is -2.44. The zero-order chi connectivity index (χ0) is 23.3. The van der Waals surface area contributed by atoms with Crippen LogP contribution >= 0.6 is 11.3 Å². The predicted molar refractivity (Wildman–Crippen MR) is 130 cm³/mol.